The first kappa shape index (κ1) is 16.7. The summed E-state index contributed by atoms with van der Waals surface area (Å²) in [6, 6.07) is 14.4. The number of Topliss-reactive ketones (excluding diaryl/α,β-unsaturated/α-hetero) is 1. The standard InChI is InChI=1S/C20H21NO2S/c1-12(2)15-5-8-17(9-6-15)24-21-16-7-10-19-18(11-16)20(13(3)22)14(4)23-19/h5-12,21H,1-4H3. The van der Waals surface area contributed by atoms with Crippen LogP contribution in [0.5, 0.6) is 0 Å². The Labute approximate surface area is 146 Å². The van der Waals surface area contributed by atoms with Gasteiger partial charge in [0.2, 0.25) is 0 Å². The van der Waals surface area contributed by atoms with Crippen LogP contribution >= 0.6 is 11.9 Å². The van der Waals surface area contributed by atoms with Crippen molar-refractivity contribution < 1.29 is 9.21 Å². The lowest BCUT2D eigenvalue weighted by molar-refractivity contribution is 0.101. The summed E-state index contributed by atoms with van der Waals surface area (Å²) in [6.07, 6.45) is 0. The van der Waals surface area contributed by atoms with Gasteiger partial charge in [-0.2, -0.15) is 0 Å². The fraction of sp³-hybridized carbons (Fsp3) is 0.250. The fourth-order valence-electron chi connectivity index (χ4n) is 2.76. The van der Waals surface area contributed by atoms with E-state index in [1.165, 1.54) is 5.56 Å². The number of hydrogen-bond donors (Lipinski definition) is 1. The van der Waals surface area contributed by atoms with Crippen molar-refractivity contribution in [2.24, 2.45) is 0 Å². The molecular formula is C20H21NO2S. The monoisotopic (exact) mass is 339 g/mol. The minimum Gasteiger partial charge on any atom is -0.461 e. The summed E-state index contributed by atoms with van der Waals surface area (Å²) < 4.78 is 9.00. The number of aryl methyl sites for hydroxylation is 1. The Morgan fingerprint density at radius 1 is 1.12 bits per heavy atom. The number of nitrogens with one attached hydrogen (secondary N) is 1. The predicted molar refractivity (Wildman–Crippen MR) is 101 cm³/mol. The van der Waals surface area contributed by atoms with Gasteiger partial charge in [-0.15, -0.1) is 0 Å². The van der Waals surface area contributed by atoms with Gasteiger partial charge in [0, 0.05) is 16.0 Å². The number of furan rings is 1. The van der Waals surface area contributed by atoms with E-state index in [0.29, 0.717) is 17.2 Å². The molecule has 0 atom stereocenters. The number of benzene rings is 2. The molecule has 0 unspecified atom stereocenters. The van der Waals surface area contributed by atoms with Crippen LogP contribution in [0.4, 0.5) is 5.69 Å². The molecule has 3 nitrogen and oxygen atoms in total. The lowest BCUT2D eigenvalue weighted by Gasteiger charge is -2.08. The van der Waals surface area contributed by atoms with Crippen molar-refractivity contribution in [2.45, 2.75) is 38.5 Å². The highest BCUT2D eigenvalue weighted by Gasteiger charge is 2.15. The number of carbonyl (C=O) groups excluding carboxylic acids is 1. The normalized spacial score (nSPS) is 11.2. The maximum absolute atomic E-state index is 11.8. The van der Waals surface area contributed by atoms with E-state index < -0.39 is 0 Å². The van der Waals surface area contributed by atoms with E-state index in [1.54, 1.807) is 18.9 Å². The van der Waals surface area contributed by atoms with Crippen molar-refractivity contribution in [3.05, 3.63) is 59.4 Å². The molecule has 1 heterocycles. The Hall–Kier alpha value is -2.20. The van der Waals surface area contributed by atoms with Crippen LogP contribution in [-0.4, -0.2) is 5.78 Å². The number of hydrogen-bond acceptors (Lipinski definition) is 4. The van der Waals surface area contributed by atoms with E-state index in [1.807, 2.05) is 25.1 Å². The van der Waals surface area contributed by atoms with Gasteiger partial charge in [0.25, 0.3) is 0 Å². The summed E-state index contributed by atoms with van der Waals surface area (Å²) >= 11 is 1.56. The number of rotatable bonds is 5. The summed E-state index contributed by atoms with van der Waals surface area (Å²) in [5.74, 6) is 1.24. The van der Waals surface area contributed by atoms with E-state index in [-0.39, 0.29) is 5.78 Å². The molecule has 0 bridgehead atoms. The van der Waals surface area contributed by atoms with Crippen LogP contribution in [0.25, 0.3) is 11.0 Å². The zero-order valence-corrected chi connectivity index (χ0v) is 15.2. The molecule has 24 heavy (non-hydrogen) atoms. The Balaban J connectivity index is 1.80. The lowest BCUT2D eigenvalue weighted by atomic mass is 10.0. The molecule has 0 radical (unpaired) electrons. The molecule has 2 aromatic carbocycles. The molecule has 3 rings (SSSR count). The van der Waals surface area contributed by atoms with Crippen LogP contribution in [0, 0.1) is 6.92 Å². The SMILES string of the molecule is CC(=O)c1c(C)oc2ccc(NSc3ccc(C(C)C)cc3)cc12. The highest BCUT2D eigenvalue weighted by molar-refractivity contribution is 8.00. The van der Waals surface area contributed by atoms with E-state index in [0.717, 1.165) is 21.6 Å². The molecule has 0 aliphatic rings. The Morgan fingerprint density at radius 2 is 1.83 bits per heavy atom. The molecule has 4 heteroatoms. The topological polar surface area (TPSA) is 42.2 Å². The van der Waals surface area contributed by atoms with Crippen molar-refractivity contribution >= 4 is 34.4 Å². The summed E-state index contributed by atoms with van der Waals surface area (Å²) in [6.45, 7) is 7.78. The van der Waals surface area contributed by atoms with Crippen molar-refractivity contribution in [2.75, 3.05) is 4.72 Å². The van der Waals surface area contributed by atoms with Gasteiger partial charge in [-0.3, -0.25) is 4.79 Å². The van der Waals surface area contributed by atoms with Gasteiger partial charge in [-0.05, 0) is 67.6 Å². The number of carbonyl (C=O) groups is 1. The quantitative estimate of drug-likeness (QED) is 0.445. The summed E-state index contributed by atoms with van der Waals surface area (Å²) in [4.78, 5) is 13.0. The van der Waals surface area contributed by atoms with Gasteiger partial charge in [-0.1, -0.05) is 26.0 Å². The fourth-order valence-corrected chi connectivity index (χ4v) is 3.39. The van der Waals surface area contributed by atoms with Gasteiger partial charge < -0.3 is 9.14 Å². The molecule has 3 aromatic rings. The Bertz CT molecular complexity index is 879. The Morgan fingerprint density at radius 3 is 2.46 bits per heavy atom. The summed E-state index contributed by atoms with van der Waals surface area (Å²) in [5.41, 5.74) is 3.69. The average Bonchev–Trinajstić information content (AvgIpc) is 2.88. The van der Waals surface area contributed by atoms with Gasteiger partial charge in [0.15, 0.2) is 5.78 Å². The van der Waals surface area contributed by atoms with Crippen LogP contribution in [-0.2, 0) is 0 Å². The molecule has 0 aliphatic carbocycles. The zero-order chi connectivity index (χ0) is 17.3. The van der Waals surface area contributed by atoms with Crippen molar-refractivity contribution in [1.29, 1.82) is 0 Å². The van der Waals surface area contributed by atoms with Gasteiger partial charge in [0.1, 0.15) is 11.3 Å². The number of fused-ring (bicyclic) bond motifs is 1. The zero-order valence-electron chi connectivity index (χ0n) is 14.3. The molecular weight excluding hydrogens is 318 g/mol. The third kappa shape index (κ3) is 3.34. The van der Waals surface area contributed by atoms with Crippen LogP contribution < -0.4 is 4.72 Å². The first-order chi connectivity index (χ1) is 11.5. The molecule has 0 spiro atoms. The molecule has 0 fully saturated rings. The van der Waals surface area contributed by atoms with Gasteiger partial charge >= 0.3 is 0 Å². The van der Waals surface area contributed by atoms with Crippen LogP contribution in [0.1, 0.15) is 48.4 Å². The highest BCUT2D eigenvalue weighted by atomic mass is 32.2. The Kier molecular flexibility index (Phi) is 4.67. The van der Waals surface area contributed by atoms with Crippen LogP contribution in [0.3, 0.4) is 0 Å². The third-order valence-electron chi connectivity index (χ3n) is 4.05. The molecule has 0 saturated carbocycles. The highest BCUT2D eigenvalue weighted by Crippen LogP contribution is 2.30. The van der Waals surface area contributed by atoms with Crippen molar-refractivity contribution in [3.63, 3.8) is 0 Å². The van der Waals surface area contributed by atoms with Gasteiger partial charge in [0.05, 0.1) is 5.56 Å². The maximum atomic E-state index is 11.8. The molecule has 0 aliphatic heterocycles. The minimum absolute atomic E-state index is 0.0281. The van der Waals surface area contributed by atoms with E-state index in [4.69, 9.17) is 4.42 Å². The minimum atomic E-state index is 0.0281. The second-order valence-corrected chi connectivity index (χ2v) is 7.11. The van der Waals surface area contributed by atoms with Crippen LogP contribution in [0.15, 0.2) is 51.8 Å². The molecule has 1 aromatic heterocycles. The maximum Gasteiger partial charge on any atom is 0.163 e. The lowest BCUT2D eigenvalue weighted by Crippen LogP contribution is -1.93. The summed E-state index contributed by atoms with van der Waals surface area (Å²) in [5, 5.41) is 0.862. The second kappa shape index (κ2) is 6.73. The smallest absolute Gasteiger partial charge is 0.163 e. The predicted octanol–water partition coefficient (Wildman–Crippen LogP) is 6.19. The van der Waals surface area contributed by atoms with E-state index in [9.17, 15) is 4.79 Å². The van der Waals surface area contributed by atoms with E-state index >= 15 is 0 Å². The molecule has 124 valence electrons. The summed E-state index contributed by atoms with van der Waals surface area (Å²) in [7, 11) is 0. The number of ketones is 1. The molecule has 0 saturated heterocycles. The largest absolute Gasteiger partial charge is 0.461 e. The average molecular weight is 339 g/mol. The second-order valence-electron chi connectivity index (χ2n) is 6.23. The molecule has 0 amide bonds. The third-order valence-corrected chi connectivity index (χ3v) is 4.90. The number of anilines is 1. The van der Waals surface area contributed by atoms with Crippen molar-refractivity contribution in [1.82, 2.24) is 0 Å². The van der Waals surface area contributed by atoms with Gasteiger partial charge in [-0.25, -0.2) is 0 Å². The van der Waals surface area contributed by atoms with Crippen LogP contribution in [0.2, 0.25) is 0 Å². The molecule has 1 N–H and O–H groups in total. The first-order valence-corrected chi connectivity index (χ1v) is 8.84. The van der Waals surface area contributed by atoms with Crippen molar-refractivity contribution in [3.8, 4) is 0 Å². The first-order valence-electron chi connectivity index (χ1n) is 8.02. The van der Waals surface area contributed by atoms with E-state index in [2.05, 4.69) is 42.8 Å².